The first kappa shape index (κ1) is 12.7. The van der Waals surface area contributed by atoms with Gasteiger partial charge in [0.15, 0.2) is 0 Å². The molecule has 1 amide bonds. The van der Waals surface area contributed by atoms with Gasteiger partial charge >= 0.3 is 0 Å². The molecule has 1 aromatic rings. The molecule has 3 heteroatoms. The van der Waals surface area contributed by atoms with Crippen molar-refractivity contribution in [2.24, 2.45) is 5.92 Å². The van der Waals surface area contributed by atoms with Gasteiger partial charge in [0.05, 0.1) is 6.42 Å². The largest absolute Gasteiger partial charge is 0.315 e. The Labute approximate surface area is 115 Å². The molecular weight excluding hydrogens is 236 g/mol. The number of amides is 1. The van der Waals surface area contributed by atoms with Gasteiger partial charge in [-0.15, -0.1) is 0 Å². The van der Waals surface area contributed by atoms with Gasteiger partial charge in [-0.05, 0) is 48.9 Å². The molecular formula is C16H22N2O. The lowest BCUT2D eigenvalue weighted by Crippen LogP contribution is -2.24. The maximum absolute atomic E-state index is 11.7. The summed E-state index contributed by atoms with van der Waals surface area (Å²) in [6.07, 6.45) is 4.38. The second-order valence-corrected chi connectivity index (χ2v) is 5.79. The van der Waals surface area contributed by atoms with Crippen LogP contribution in [0.15, 0.2) is 18.2 Å². The standard InChI is InChI=1S/C16H22N2O/c1-3-8-17-16(11-4-5-11)12-6-7-14-13(9-12)10-15(19)18(14)2/h6-7,9,11,16-17H,3-5,8,10H2,1-2H3. The summed E-state index contributed by atoms with van der Waals surface area (Å²) >= 11 is 0. The van der Waals surface area contributed by atoms with Crippen molar-refractivity contribution in [2.45, 2.75) is 38.6 Å². The molecule has 0 aromatic heterocycles. The van der Waals surface area contributed by atoms with E-state index in [1.165, 1.54) is 24.0 Å². The summed E-state index contributed by atoms with van der Waals surface area (Å²) in [6, 6.07) is 7.02. The molecule has 1 unspecified atom stereocenters. The fourth-order valence-corrected chi connectivity index (χ4v) is 2.97. The maximum Gasteiger partial charge on any atom is 0.231 e. The molecule has 3 rings (SSSR count). The number of benzene rings is 1. The third-order valence-electron chi connectivity index (χ3n) is 4.25. The van der Waals surface area contributed by atoms with Gasteiger partial charge in [0.1, 0.15) is 0 Å². The van der Waals surface area contributed by atoms with Crippen LogP contribution in [0.2, 0.25) is 0 Å². The fraction of sp³-hybridized carbons (Fsp3) is 0.562. The fourth-order valence-electron chi connectivity index (χ4n) is 2.97. The van der Waals surface area contributed by atoms with Crippen molar-refractivity contribution in [1.82, 2.24) is 5.32 Å². The third kappa shape index (κ3) is 2.39. The van der Waals surface area contributed by atoms with E-state index in [2.05, 4.69) is 30.4 Å². The number of fused-ring (bicyclic) bond motifs is 1. The van der Waals surface area contributed by atoms with E-state index in [4.69, 9.17) is 0 Å². The molecule has 1 aliphatic carbocycles. The smallest absolute Gasteiger partial charge is 0.231 e. The molecule has 102 valence electrons. The van der Waals surface area contributed by atoms with Gasteiger partial charge < -0.3 is 10.2 Å². The highest BCUT2D eigenvalue weighted by Crippen LogP contribution is 2.42. The minimum Gasteiger partial charge on any atom is -0.315 e. The normalized spacial score (nSPS) is 19.7. The van der Waals surface area contributed by atoms with Crippen LogP contribution in [-0.4, -0.2) is 19.5 Å². The van der Waals surface area contributed by atoms with E-state index in [1.54, 1.807) is 4.90 Å². The third-order valence-corrected chi connectivity index (χ3v) is 4.25. The number of rotatable bonds is 5. The lowest BCUT2D eigenvalue weighted by molar-refractivity contribution is -0.117. The van der Waals surface area contributed by atoms with Crippen molar-refractivity contribution in [1.29, 1.82) is 0 Å². The molecule has 1 aliphatic heterocycles. The van der Waals surface area contributed by atoms with E-state index in [9.17, 15) is 4.79 Å². The summed E-state index contributed by atoms with van der Waals surface area (Å²) in [6.45, 7) is 3.27. The Morgan fingerprint density at radius 3 is 2.89 bits per heavy atom. The van der Waals surface area contributed by atoms with Gasteiger partial charge in [-0.1, -0.05) is 19.1 Å². The number of nitrogens with zero attached hydrogens (tertiary/aromatic N) is 1. The van der Waals surface area contributed by atoms with E-state index < -0.39 is 0 Å². The Kier molecular flexibility index (Phi) is 3.31. The second kappa shape index (κ2) is 4.97. The molecule has 1 atom stereocenters. The van der Waals surface area contributed by atoms with Crippen LogP contribution >= 0.6 is 0 Å². The summed E-state index contributed by atoms with van der Waals surface area (Å²) in [4.78, 5) is 13.5. The number of anilines is 1. The molecule has 1 fully saturated rings. The molecule has 1 aromatic carbocycles. The number of hydrogen-bond donors (Lipinski definition) is 1. The molecule has 1 saturated carbocycles. The molecule has 0 saturated heterocycles. The number of nitrogens with one attached hydrogen (secondary N) is 1. The lowest BCUT2D eigenvalue weighted by Gasteiger charge is -2.20. The van der Waals surface area contributed by atoms with Crippen LogP contribution < -0.4 is 10.2 Å². The Morgan fingerprint density at radius 1 is 1.42 bits per heavy atom. The molecule has 0 bridgehead atoms. The van der Waals surface area contributed by atoms with Crippen molar-refractivity contribution in [3.8, 4) is 0 Å². The minimum absolute atomic E-state index is 0.205. The first-order valence-electron chi connectivity index (χ1n) is 7.33. The van der Waals surface area contributed by atoms with Crippen molar-refractivity contribution < 1.29 is 4.79 Å². The van der Waals surface area contributed by atoms with Gasteiger partial charge in [-0.2, -0.15) is 0 Å². The van der Waals surface area contributed by atoms with E-state index in [0.717, 1.165) is 24.6 Å². The van der Waals surface area contributed by atoms with Gasteiger partial charge in [0.2, 0.25) is 5.91 Å². The highest BCUT2D eigenvalue weighted by Gasteiger charge is 2.33. The second-order valence-electron chi connectivity index (χ2n) is 5.79. The summed E-state index contributed by atoms with van der Waals surface area (Å²) < 4.78 is 0. The predicted molar refractivity (Wildman–Crippen MR) is 77.3 cm³/mol. The Hall–Kier alpha value is -1.35. The number of carbonyl (C=O) groups excluding carboxylic acids is 1. The summed E-state index contributed by atoms with van der Waals surface area (Å²) in [5.41, 5.74) is 3.63. The number of likely N-dealkylation sites (N-methyl/N-ethyl adjacent to an activating group) is 1. The van der Waals surface area contributed by atoms with E-state index in [0.29, 0.717) is 12.5 Å². The number of carbonyl (C=O) groups is 1. The summed E-state index contributed by atoms with van der Waals surface area (Å²) in [7, 11) is 1.86. The van der Waals surface area contributed by atoms with Crippen LogP contribution in [0, 0.1) is 5.92 Å². The van der Waals surface area contributed by atoms with Gasteiger partial charge in [-0.25, -0.2) is 0 Å². The van der Waals surface area contributed by atoms with Crippen molar-refractivity contribution in [2.75, 3.05) is 18.5 Å². The molecule has 3 nitrogen and oxygen atoms in total. The molecule has 0 spiro atoms. The Bertz CT molecular complexity index is 494. The topological polar surface area (TPSA) is 32.3 Å². The van der Waals surface area contributed by atoms with Crippen LogP contribution in [0.4, 0.5) is 5.69 Å². The molecule has 19 heavy (non-hydrogen) atoms. The average molecular weight is 258 g/mol. The highest BCUT2D eigenvalue weighted by atomic mass is 16.2. The minimum atomic E-state index is 0.205. The zero-order valence-corrected chi connectivity index (χ0v) is 11.8. The van der Waals surface area contributed by atoms with Crippen LogP contribution in [0.3, 0.4) is 0 Å². The first-order chi connectivity index (χ1) is 9.20. The van der Waals surface area contributed by atoms with Crippen LogP contribution in [0.1, 0.15) is 43.4 Å². The molecule has 1 N–H and O–H groups in total. The maximum atomic E-state index is 11.7. The Balaban J connectivity index is 1.85. The van der Waals surface area contributed by atoms with E-state index in [-0.39, 0.29) is 5.91 Å². The highest BCUT2D eigenvalue weighted by molar-refractivity contribution is 6.00. The van der Waals surface area contributed by atoms with Gasteiger partial charge in [0.25, 0.3) is 0 Å². The monoisotopic (exact) mass is 258 g/mol. The van der Waals surface area contributed by atoms with Crippen molar-refractivity contribution in [3.05, 3.63) is 29.3 Å². The van der Waals surface area contributed by atoms with E-state index >= 15 is 0 Å². The summed E-state index contributed by atoms with van der Waals surface area (Å²) in [5, 5.41) is 3.66. The first-order valence-corrected chi connectivity index (χ1v) is 7.33. The lowest BCUT2D eigenvalue weighted by atomic mass is 9.99. The Morgan fingerprint density at radius 2 is 2.21 bits per heavy atom. The summed E-state index contributed by atoms with van der Waals surface area (Å²) in [5.74, 6) is 0.996. The predicted octanol–water partition coefficient (Wildman–Crippen LogP) is 2.66. The van der Waals surface area contributed by atoms with E-state index in [1.807, 2.05) is 7.05 Å². The van der Waals surface area contributed by atoms with Crippen LogP contribution in [0.25, 0.3) is 0 Å². The SMILES string of the molecule is CCCNC(c1ccc2c(c1)CC(=O)N2C)C1CC1. The zero-order chi connectivity index (χ0) is 13.4. The van der Waals surface area contributed by atoms with Crippen LogP contribution in [0.5, 0.6) is 0 Å². The zero-order valence-electron chi connectivity index (χ0n) is 11.8. The van der Waals surface area contributed by atoms with Crippen LogP contribution in [-0.2, 0) is 11.2 Å². The van der Waals surface area contributed by atoms with Crippen molar-refractivity contribution >= 4 is 11.6 Å². The quantitative estimate of drug-likeness (QED) is 0.880. The average Bonchev–Trinajstić information content (AvgIpc) is 3.19. The molecule has 1 heterocycles. The van der Waals surface area contributed by atoms with Gasteiger partial charge in [-0.3, -0.25) is 4.79 Å². The molecule has 2 aliphatic rings. The van der Waals surface area contributed by atoms with Gasteiger partial charge in [0, 0.05) is 18.8 Å². The van der Waals surface area contributed by atoms with Crippen molar-refractivity contribution in [3.63, 3.8) is 0 Å². The number of hydrogen-bond acceptors (Lipinski definition) is 2. The molecule has 0 radical (unpaired) electrons.